The Morgan fingerprint density at radius 1 is 1.29 bits per heavy atom. The van der Waals surface area contributed by atoms with Crippen LogP contribution in [0.25, 0.3) is 0 Å². The van der Waals surface area contributed by atoms with E-state index in [0.717, 1.165) is 13.1 Å². The van der Waals surface area contributed by atoms with Gasteiger partial charge < -0.3 is 5.32 Å². The van der Waals surface area contributed by atoms with Gasteiger partial charge in [-0.25, -0.2) is 10.0 Å². The molecule has 4 atom stereocenters. The summed E-state index contributed by atoms with van der Waals surface area (Å²) in [6.07, 6.45) is 15.7. The fraction of sp³-hybridized carbons (Fsp3) is 0.789. The predicted molar refractivity (Wildman–Crippen MR) is 103 cm³/mol. The van der Waals surface area contributed by atoms with E-state index in [2.05, 4.69) is 59.2 Å². The van der Waals surface area contributed by atoms with Gasteiger partial charge in [0.1, 0.15) is 6.67 Å². The minimum atomic E-state index is 0.262. The molecule has 0 amide bonds. The minimum absolute atomic E-state index is 0.262. The molecule has 0 aromatic heterocycles. The van der Waals surface area contributed by atoms with Gasteiger partial charge >= 0.3 is 0 Å². The van der Waals surface area contributed by atoms with Crippen LogP contribution in [-0.2, 0) is 0 Å². The Morgan fingerprint density at radius 2 is 2.12 bits per heavy atom. The average molecular weight is 334 g/mol. The van der Waals surface area contributed by atoms with E-state index in [4.69, 9.17) is 0 Å². The Hall–Kier alpha value is -1.20. The Labute approximate surface area is 147 Å². The number of allylic oxidation sites excluding steroid dienone is 1. The molecular formula is C19H35N5. The van der Waals surface area contributed by atoms with Crippen molar-refractivity contribution in [2.75, 3.05) is 13.7 Å². The smallest absolute Gasteiger partial charge is 0.106 e. The third-order valence-electron chi connectivity index (χ3n) is 5.48. The highest BCUT2D eigenvalue weighted by molar-refractivity contribution is 5.60. The molecule has 0 aromatic rings. The largest absolute Gasteiger partial charge is 0.360 e. The fourth-order valence-electron chi connectivity index (χ4n) is 3.79. The second-order valence-electron chi connectivity index (χ2n) is 7.07. The normalized spacial score (nSPS) is 27.7. The molecule has 0 radical (unpaired) electrons. The zero-order valence-corrected chi connectivity index (χ0v) is 15.9. The summed E-state index contributed by atoms with van der Waals surface area (Å²) in [6, 6.07) is 0.566. The number of hydrogen-bond donors (Lipinski definition) is 1. The second kappa shape index (κ2) is 9.94. The van der Waals surface area contributed by atoms with E-state index in [9.17, 15) is 0 Å². The standard InChI is InChI=1S/C19H35N5/c1-5-7-8-9-18(6-2)24-15-21-14-22-19(23(24)4)16(3)17-10-12-20-13-11-17/h10,12-14,16-19H,5-9,11,15H2,1-4H3,(H,21,22)/t16-,17+,18+,19-/m0/s1. The predicted octanol–water partition coefficient (Wildman–Crippen LogP) is 3.65. The van der Waals surface area contributed by atoms with Gasteiger partial charge in [-0.15, -0.1) is 0 Å². The molecule has 136 valence electrons. The zero-order chi connectivity index (χ0) is 17.4. The highest BCUT2D eigenvalue weighted by Gasteiger charge is 2.33. The molecule has 0 spiro atoms. The number of nitrogens with zero attached hydrogens (tertiary/aromatic N) is 4. The molecule has 0 saturated heterocycles. The summed E-state index contributed by atoms with van der Waals surface area (Å²) in [5.74, 6) is 1.01. The van der Waals surface area contributed by atoms with E-state index in [1.54, 1.807) is 0 Å². The van der Waals surface area contributed by atoms with Gasteiger partial charge in [-0.1, -0.05) is 46.1 Å². The lowest BCUT2D eigenvalue weighted by molar-refractivity contribution is -0.0906. The van der Waals surface area contributed by atoms with Gasteiger partial charge in [0.25, 0.3) is 0 Å². The van der Waals surface area contributed by atoms with E-state index in [1.165, 1.54) is 32.1 Å². The third-order valence-corrected chi connectivity index (χ3v) is 5.48. The molecule has 1 N–H and O–H groups in total. The average Bonchev–Trinajstić information content (AvgIpc) is 2.81. The van der Waals surface area contributed by atoms with Crippen molar-refractivity contribution >= 4 is 12.6 Å². The molecule has 24 heavy (non-hydrogen) atoms. The van der Waals surface area contributed by atoms with Crippen molar-refractivity contribution in [3.05, 3.63) is 12.3 Å². The van der Waals surface area contributed by atoms with Crippen molar-refractivity contribution in [2.45, 2.75) is 71.5 Å². The van der Waals surface area contributed by atoms with Gasteiger partial charge in [0.05, 0.1) is 12.5 Å². The first-order valence-corrected chi connectivity index (χ1v) is 9.61. The first-order valence-electron chi connectivity index (χ1n) is 9.61. The maximum Gasteiger partial charge on any atom is 0.106 e. The highest BCUT2D eigenvalue weighted by atomic mass is 15.7. The lowest BCUT2D eigenvalue weighted by atomic mass is 9.87. The lowest BCUT2D eigenvalue weighted by Gasteiger charge is -2.43. The molecule has 2 rings (SSSR count). The molecule has 0 unspecified atom stereocenters. The molecule has 0 aliphatic carbocycles. The number of unbranched alkanes of at least 4 members (excludes halogenated alkanes) is 2. The second-order valence-corrected chi connectivity index (χ2v) is 7.07. The fourth-order valence-corrected chi connectivity index (χ4v) is 3.79. The number of nitrogens with one attached hydrogen (secondary N) is 1. The van der Waals surface area contributed by atoms with Crippen LogP contribution in [0.4, 0.5) is 0 Å². The summed E-state index contributed by atoms with van der Waals surface area (Å²) in [5, 5.41) is 8.39. The molecule has 5 nitrogen and oxygen atoms in total. The van der Waals surface area contributed by atoms with Crippen molar-refractivity contribution in [1.29, 1.82) is 0 Å². The topological polar surface area (TPSA) is 43.2 Å². The maximum absolute atomic E-state index is 4.58. The van der Waals surface area contributed by atoms with Gasteiger partial charge in [-0.05, 0) is 31.1 Å². The van der Waals surface area contributed by atoms with Crippen molar-refractivity contribution in [3.63, 3.8) is 0 Å². The molecule has 2 aliphatic rings. The number of aliphatic imine (C=N–C) groups is 2. The zero-order valence-electron chi connectivity index (χ0n) is 15.9. The molecule has 5 heteroatoms. The Kier molecular flexibility index (Phi) is 7.92. The van der Waals surface area contributed by atoms with Crippen molar-refractivity contribution in [2.24, 2.45) is 21.8 Å². The molecule has 0 bridgehead atoms. The van der Waals surface area contributed by atoms with E-state index >= 15 is 0 Å². The van der Waals surface area contributed by atoms with Crippen LogP contribution in [0.1, 0.15) is 59.3 Å². The summed E-state index contributed by atoms with van der Waals surface area (Å²) in [5.41, 5.74) is 0. The van der Waals surface area contributed by atoms with Gasteiger partial charge in [-0.3, -0.25) is 9.98 Å². The van der Waals surface area contributed by atoms with Crippen molar-refractivity contribution < 1.29 is 0 Å². The SMILES string of the molecule is CCCCC[C@@H](CC)N1CN=CN[C@H]([C@@H](C)[C@@H]2C=CN=CC2)N1C. The number of rotatable bonds is 8. The van der Waals surface area contributed by atoms with Crippen LogP contribution in [0.2, 0.25) is 0 Å². The van der Waals surface area contributed by atoms with Gasteiger partial charge in [0, 0.05) is 25.5 Å². The summed E-state index contributed by atoms with van der Waals surface area (Å²) in [6.45, 7) is 7.65. The summed E-state index contributed by atoms with van der Waals surface area (Å²) < 4.78 is 0. The summed E-state index contributed by atoms with van der Waals surface area (Å²) in [4.78, 5) is 8.80. The van der Waals surface area contributed by atoms with Crippen molar-refractivity contribution in [3.8, 4) is 0 Å². The Morgan fingerprint density at radius 3 is 2.79 bits per heavy atom. The number of hydrazine groups is 1. The van der Waals surface area contributed by atoms with Crippen molar-refractivity contribution in [1.82, 2.24) is 15.3 Å². The quantitative estimate of drug-likeness (QED) is 0.690. The first-order chi connectivity index (χ1) is 11.7. The Bertz CT molecular complexity index is 445. The molecule has 2 heterocycles. The number of hydrogen-bond acceptors (Lipinski definition) is 5. The van der Waals surface area contributed by atoms with Gasteiger partial charge in [0.15, 0.2) is 0 Å². The first kappa shape index (κ1) is 19.1. The van der Waals surface area contributed by atoms with Gasteiger partial charge in [0.2, 0.25) is 0 Å². The van der Waals surface area contributed by atoms with E-state index in [-0.39, 0.29) is 6.17 Å². The van der Waals surface area contributed by atoms with E-state index < -0.39 is 0 Å². The van der Waals surface area contributed by atoms with Gasteiger partial charge in [-0.2, -0.15) is 0 Å². The van der Waals surface area contributed by atoms with Crippen LogP contribution in [0, 0.1) is 11.8 Å². The molecule has 0 fully saturated rings. The molecular weight excluding hydrogens is 298 g/mol. The van der Waals surface area contributed by atoms with E-state index in [1.807, 2.05) is 18.8 Å². The van der Waals surface area contributed by atoms with Crippen LogP contribution in [-0.4, -0.2) is 48.5 Å². The monoisotopic (exact) mass is 333 g/mol. The van der Waals surface area contributed by atoms with Crippen LogP contribution in [0.3, 0.4) is 0 Å². The minimum Gasteiger partial charge on any atom is -0.360 e. The Balaban J connectivity index is 2.05. The maximum atomic E-state index is 4.58. The van der Waals surface area contributed by atoms with Crippen LogP contribution >= 0.6 is 0 Å². The third kappa shape index (κ3) is 4.90. The van der Waals surface area contributed by atoms with E-state index in [0.29, 0.717) is 17.9 Å². The van der Waals surface area contributed by atoms with Crippen LogP contribution < -0.4 is 5.32 Å². The highest BCUT2D eigenvalue weighted by Crippen LogP contribution is 2.26. The van der Waals surface area contributed by atoms with Crippen LogP contribution in [0.15, 0.2) is 22.3 Å². The molecule has 2 aliphatic heterocycles. The summed E-state index contributed by atoms with van der Waals surface area (Å²) >= 11 is 0. The van der Waals surface area contributed by atoms with Crippen LogP contribution in [0.5, 0.6) is 0 Å². The molecule has 0 aromatic carbocycles. The molecule has 0 saturated carbocycles. The summed E-state index contributed by atoms with van der Waals surface area (Å²) in [7, 11) is 2.21. The lowest BCUT2D eigenvalue weighted by Crippen LogP contribution is -2.57.